The molecule has 0 heterocycles. The van der Waals surface area contributed by atoms with Crippen molar-refractivity contribution < 1.29 is 28.0 Å². The first-order chi connectivity index (χ1) is 4.63. The first-order valence-corrected chi connectivity index (χ1v) is 4.87. The summed E-state index contributed by atoms with van der Waals surface area (Å²) in [7, 11) is -5.87. The van der Waals surface area contributed by atoms with Gasteiger partial charge >= 0.3 is 46.1 Å². The van der Waals surface area contributed by atoms with Crippen LogP contribution < -0.4 is 0 Å². The summed E-state index contributed by atoms with van der Waals surface area (Å²) >= 11 is 0. The van der Waals surface area contributed by atoms with Gasteiger partial charge in [-0.2, -0.15) is 0 Å². The molecule has 0 saturated carbocycles. The fourth-order valence-electron chi connectivity index (χ4n) is 0.258. The van der Waals surface area contributed by atoms with Gasteiger partial charge in [-0.1, -0.05) is 0 Å². The molecule has 0 aromatic heterocycles. The fourth-order valence-corrected chi connectivity index (χ4v) is 0.774. The molecule has 0 aliphatic carbocycles. The first kappa shape index (κ1) is 14.8. The van der Waals surface area contributed by atoms with Crippen LogP contribution in [0.5, 0.6) is 0 Å². The summed E-state index contributed by atoms with van der Waals surface area (Å²) < 4.78 is 27.9. The molecular weight excluding hydrogens is 205 g/mol. The van der Waals surface area contributed by atoms with Crippen LogP contribution in [0.4, 0.5) is 0 Å². The Labute approximate surface area is 87.1 Å². The van der Waals surface area contributed by atoms with E-state index in [2.05, 4.69) is 9.05 Å². The van der Waals surface area contributed by atoms with Crippen LogP contribution in [-0.4, -0.2) is 52.6 Å². The quantitative estimate of drug-likeness (QED) is 0.351. The fraction of sp³-hybridized carbons (Fsp3) is 1.00. The van der Waals surface area contributed by atoms with Crippen molar-refractivity contribution in [2.75, 3.05) is 13.2 Å². The number of hydrogen-bond donors (Lipinski definition) is 2. The number of rotatable bonds is 5. The molecule has 0 aliphatic heterocycles. The minimum atomic E-state index is -2.93. The summed E-state index contributed by atoms with van der Waals surface area (Å²) in [6.45, 7) is -0.295. The molecule has 64 valence electrons. The van der Waals surface area contributed by atoms with Crippen molar-refractivity contribution in [3.8, 4) is 0 Å². The molecule has 6 nitrogen and oxygen atoms in total. The second-order valence-electron chi connectivity index (χ2n) is 1.23. The molecule has 0 aromatic carbocycles. The Bertz CT molecular complexity index is 123. The second-order valence-corrected chi connectivity index (χ2v) is 2.87. The first-order valence-electron chi connectivity index (χ1n) is 2.34. The van der Waals surface area contributed by atoms with Gasteiger partial charge in [-0.05, 0) is 0 Å². The van der Waals surface area contributed by atoms with Crippen LogP contribution in [0.3, 0.4) is 0 Å². The summed E-state index contributed by atoms with van der Waals surface area (Å²) in [4.78, 5) is 16.1. The molecule has 0 saturated heterocycles. The van der Waals surface area contributed by atoms with Crippen LogP contribution in [0.25, 0.3) is 0 Å². The van der Waals surface area contributed by atoms with Gasteiger partial charge < -0.3 is 18.8 Å². The summed E-state index contributed by atoms with van der Waals surface area (Å²) in [5, 5.41) is 0. The standard InChI is InChI=1S/C2H8O6P2.Na.H/c3-9(4)7-1-2-8-10(5)6;;/h9-10H,1-2H2,(H,3,4)(H,5,6);;. The Morgan fingerprint density at radius 3 is 1.45 bits per heavy atom. The maximum absolute atomic E-state index is 9.82. The van der Waals surface area contributed by atoms with E-state index in [1.165, 1.54) is 0 Å². The van der Waals surface area contributed by atoms with E-state index < -0.39 is 16.5 Å². The van der Waals surface area contributed by atoms with Crippen molar-refractivity contribution in [3.05, 3.63) is 0 Å². The van der Waals surface area contributed by atoms with Crippen molar-refractivity contribution in [1.82, 2.24) is 0 Å². The van der Waals surface area contributed by atoms with Gasteiger partial charge in [-0.3, -0.25) is 9.13 Å². The molecule has 2 N–H and O–H groups in total. The SMILES string of the molecule is O=[PH](O)OCCO[PH](=O)O.[NaH]. The minimum absolute atomic E-state index is 0. The van der Waals surface area contributed by atoms with Gasteiger partial charge in [0.2, 0.25) is 0 Å². The van der Waals surface area contributed by atoms with E-state index in [4.69, 9.17) is 9.79 Å². The van der Waals surface area contributed by atoms with E-state index >= 15 is 0 Å². The average Bonchev–Trinajstić information content (AvgIpc) is 1.79. The average molecular weight is 214 g/mol. The zero-order valence-electron chi connectivity index (χ0n) is 4.94. The van der Waals surface area contributed by atoms with Crippen LogP contribution in [0.15, 0.2) is 0 Å². The second kappa shape index (κ2) is 9.39. The molecular formula is C2H9NaO6P2. The van der Waals surface area contributed by atoms with E-state index in [-0.39, 0.29) is 42.8 Å². The normalized spacial score (nSPS) is 15.1. The van der Waals surface area contributed by atoms with Crippen molar-refractivity contribution in [2.24, 2.45) is 0 Å². The predicted molar refractivity (Wildman–Crippen MR) is 41.5 cm³/mol. The van der Waals surface area contributed by atoms with E-state index in [0.29, 0.717) is 0 Å². The molecule has 2 atom stereocenters. The van der Waals surface area contributed by atoms with E-state index in [9.17, 15) is 9.13 Å². The summed E-state index contributed by atoms with van der Waals surface area (Å²) in [5.41, 5.74) is 0. The predicted octanol–water partition coefficient (Wildman–Crippen LogP) is -0.865. The molecule has 0 spiro atoms. The van der Waals surface area contributed by atoms with Crippen LogP contribution in [0.2, 0.25) is 0 Å². The zero-order chi connectivity index (χ0) is 7.98. The molecule has 2 unspecified atom stereocenters. The molecule has 0 fully saturated rings. The van der Waals surface area contributed by atoms with Gasteiger partial charge in [-0.25, -0.2) is 0 Å². The van der Waals surface area contributed by atoms with Crippen molar-refractivity contribution in [1.29, 1.82) is 0 Å². The van der Waals surface area contributed by atoms with Crippen LogP contribution >= 0.6 is 16.5 Å². The Morgan fingerprint density at radius 1 is 1.00 bits per heavy atom. The zero-order valence-corrected chi connectivity index (χ0v) is 6.94. The van der Waals surface area contributed by atoms with Crippen molar-refractivity contribution >= 4 is 46.1 Å². The third-order valence-electron chi connectivity index (χ3n) is 0.534. The molecule has 9 heteroatoms. The molecule has 0 aromatic rings. The van der Waals surface area contributed by atoms with E-state index in [0.717, 1.165) is 0 Å². The van der Waals surface area contributed by atoms with Crippen LogP contribution in [-0.2, 0) is 18.2 Å². The Hall–Kier alpha value is 1.30. The van der Waals surface area contributed by atoms with Gasteiger partial charge in [-0.15, -0.1) is 0 Å². The number of hydrogen-bond acceptors (Lipinski definition) is 4. The Kier molecular flexibility index (Phi) is 12.6. The Balaban J connectivity index is 0. The molecule has 0 radical (unpaired) electrons. The molecule has 0 amide bonds. The third kappa shape index (κ3) is 14.2. The molecule has 0 rings (SSSR count). The van der Waals surface area contributed by atoms with Gasteiger partial charge in [0.1, 0.15) is 0 Å². The summed E-state index contributed by atoms with van der Waals surface area (Å²) in [6, 6.07) is 0. The third-order valence-corrected chi connectivity index (χ3v) is 1.44. The topological polar surface area (TPSA) is 93.1 Å². The van der Waals surface area contributed by atoms with Gasteiger partial charge in [0, 0.05) is 0 Å². The summed E-state index contributed by atoms with van der Waals surface area (Å²) in [6.07, 6.45) is 0. The molecule has 0 aliphatic rings. The van der Waals surface area contributed by atoms with Gasteiger partial charge in [0.25, 0.3) is 0 Å². The molecule has 11 heavy (non-hydrogen) atoms. The van der Waals surface area contributed by atoms with Crippen LogP contribution in [0.1, 0.15) is 0 Å². The maximum atomic E-state index is 9.82. The molecule has 0 bridgehead atoms. The monoisotopic (exact) mass is 214 g/mol. The summed E-state index contributed by atoms with van der Waals surface area (Å²) in [5.74, 6) is 0. The van der Waals surface area contributed by atoms with Crippen molar-refractivity contribution in [3.63, 3.8) is 0 Å². The van der Waals surface area contributed by atoms with E-state index in [1.54, 1.807) is 0 Å². The van der Waals surface area contributed by atoms with Gasteiger partial charge in [0.15, 0.2) is 0 Å². The van der Waals surface area contributed by atoms with E-state index in [1.807, 2.05) is 0 Å². The Morgan fingerprint density at radius 2 is 1.27 bits per heavy atom. The van der Waals surface area contributed by atoms with Crippen molar-refractivity contribution in [2.45, 2.75) is 0 Å². The van der Waals surface area contributed by atoms with Gasteiger partial charge in [0.05, 0.1) is 13.2 Å². The van der Waals surface area contributed by atoms with Crippen LogP contribution in [0, 0.1) is 0 Å².